The molecule has 0 fully saturated rings. The first-order chi connectivity index (χ1) is 7.15. The standard InChI is InChI=1S/C11H14F2N2/c1-8-4-9-2-3-15(7-11(12)13)6-10(9)14-5-8/h4-5,11H,2-3,6-7H2,1H3. The van der Waals surface area contributed by atoms with Crippen molar-refractivity contribution in [2.24, 2.45) is 0 Å². The Balaban J connectivity index is 2.10. The van der Waals surface area contributed by atoms with Gasteiger partial charge in [0.05, 0.1) is 12.2 Å². The highest BCUT2D eigenvalue weighted by molar-refractivity contribution is 5.26. The summed E-state index contributed by atoms with van der Waals surface area (Å²) in [5.41, 5.74) is 3.30. The zero-order valence-electron chi connectivity index (χ0n) is 8.71. The molecular formula is C11H14F2N2. The summed E-state index contributed by atoms with van der Waals surface area (Å²) in [6, 6.07) is 2.10. The molecule has 0 bridgehead atoms. The summed E-state index contributed by atoms with van der Waals surface area (Å²) in [5, 5.41) is 0. The van der Waals surface area contributed by atoms with Gasteiger partial charge in [0, 0.05) is 19.3 Å². The number of hydrogen-bond acceptors (Lipinski definition) is 2. The SMILES string of the molecule is Cc1cnc2c(c1)CCN(CC(F)F)C2. The van der Waals surface area contributed by atoms with Gasteiger partial charge in [0.15, 0.2) is 0 Å². The van der Waals surface area contributed by atoms with Crippen molar-refractivity contribution < 1.29 is 8.78 Å². The first kappa shape index (κ1) is 10.5. The normalized spacial score (nSPS) is 16.8. The van der Waals surface area contributed by atoms with E-state index in [1.807, 2.05) is 6.92 Å². The average molecular weight is 212 g/mol. The number of halogens is 2. The number of hydrogen-bond donors (Lipinski definition) is 0. The molecule has 0 atom stereocenters. The number of rotatable bonds is 2. The van der Waals surface area contributed by atoms with Crippen molar-refractivity contribution in [2.75, 3.05) is 13.1 Å². The molecule has 2 heterocycles. The largest absolute Gasteiger partial charge is 0.292 e. The molecule has 2 rings (SSSR count). The predicted octanol–water partition coefficient (Wildman–Crippen LogP) is 2.01. The molecule has 0 unspecified atom stereocenters. The molecule has 0 aromatic carbocycles. The van der Waals surface area contributed by atoms with Crippen LogP contribution < -0.4 is 0 Å². The Kier molecular flexibility index (Phi) is 2.95. The summed E-state index contributed by atoms with van der Waals surface area (Å²) in [4.78, 5) is 6.05. The van der Waals surface area contributed by atoms with Crippen LogP contribution in [0.5, 0.6) is 0 Å². The van der Waals surface area contributed by atoms with Crippen molar-refractivity contribution in [2.45, 2.75) is 26.3 Å². The molecule has 0 spiro atoms. The number of fused-ring (bicyclic) bond motifs is 1. The summed E-state index contributed by atoms with van der Waals surface area (Å²) in [6.07, 6.45) is 0.374. The van der Waals surface area contributed by atoms with Gasteiger partial charge in [-0.25, -0.2) is 8.78 Å². The second kappa shape index (κ2) is 4.23. The highest BCUT2D eigenvalue weighted by Gasteiger charge is 2.19. The lowest BCUT2D eigenvalue weighted by Gasteiger charge is -2.27. The molecule has 0 saturated heterocycles. The number of alkyl halides is 2. The zero-order valence-corrected chi connectivity index (χ0v) is 8.71. The molecule has 1 aromatic rings. The molecule has 0 amide bonds. The van der Waals surface area contributed by atoms with Crippen LogP contribution in [0, 0.1) is 6.92 Å². The summed E-state index contributed by atoms with van der Waals surface area (Å²) in [5.74, 6) is 0. The van der Waals surface area contributed by atoms with Crippen molar-refractivity contribution >= 4 is 0 Å². The van der Waals surface area contributed by atoms with Crippen LogP contribution in [0.2, 0.25) is 0 Å². The second-order valence-corrected chi connectivity index (χ2v) is 3.99. The van der Waals surface area contributed by atoms with E-state index in [0.717, 1.165) is 17.7 Å². The second-order valence-electron chi connectivity index (χ2n) is 3.99. The lowest BCUT2D eigenvalue weighted by atomic mass is 10.0. The van der Waals surface area contributed by atoms with Crippen molar-refractivity contribution in [3.8, 4) is 0 Å². The van der Waals surface area contributed by atoms with E-state index in [9.17, 15) is 8.78 Å². The van der Waals surface area contributed by atoms with Crippen LogP contribution in [0.4, 0.5) is 8.78 Å². The smallest absolute Gasteiger partial charge is 0.251 e. The minimum absolute atomic E-state index is 0.144. The van der Waals surface area contributed by atoms with Crippen LogP contribution in [-0.4, -0.2) is 29.4 Å². The third kappa shape index (κ3) is 2.50. The topological polar surface area (TPSA) is 16.1 Å². The predicted molar refractivity (Wildman–Crippen MR) is 54.0 cm³/mol. The van der Waals surface area contributed by atoms with Gasteiger partial charge in [0.25, 0.3) is 6.43 Å². The van der Waals surface area contributed by atoms with Crippen molar-refractivity contribution in [3.05, 3.63) is 29.1 Å². The Morgan fingerprint density at radius 1 is 1.53 bits per heavy atom. The maximum Gasteiger partial charge on any atom is 0.251 e. The Bertz CT molecular complexity index is 352. The van der Waals surface area contributed by atoms with Crippen LogP contribution in [0.3, 0.4) is 0 Å². The minimum Gasteiger partial charge on any atom is -0.292 e. The first-order valence-electron chi connectivity index (χ1n) is 5.10. The third-order valence-corrected chi connectivity index (χ3v) is 2.66. The van der Waals surface area contributed by atoms with Crippen LogP contribution >= 0.6 is 0 Å². The lowest BCUT2D eigenvalue weighted by molar-refractivity contribution is 0.0812. The Labute approximate surface area is 87.9 Å². The monoisotopic (exact) mass is 212 g/mol. The van der Waals surface area contributed by atoms with Gasteiger partial charge >= 0.3 is 0 Å². The molecule has 82 valence electrons. The maximum absolute atomic E-state index is 12.2. The summed E-state index contributed by atoms with van der Waals surface area (Å²) >= 11 is 0. The van der Waals surface area contributed by atoms with E-state index in [-0.39, 0.29) is 6.54 Å². The van der Waals surface area contributed by atoms with Gasteiger partial charge in [0.1, 0.15) is 0 Å². The minimum atomic E-state index is -2.25. The van der Waals surface area contributed by atoms with Gasteiger partial charge in [-0.1, -0.05) is 6.07 Å². The van der Waals surface area contributed by atoms with Gasteiger partial charge in [0.2, 0.25) is 0 Å². The molecule has 0 radical (unpaired) electrons. The van der Waals surface area contributed by atoms with E-state index in [4.69, 9.17) is 0 Å². The van der Waals surface area contributed by atoms with Gasteiger partial charge in [-0.3, -0.25) is 9.88 Å². The van der Waals surface area contributed by atoms with E-state index >= 15 is 0 Å². The van der Waals surface area contributed by atoms with Crippen LogP contribution in [0.1, 0.15) is 16.8 Å². The molecule has 1 aromatic heterocycles. The fraction of sp³-hybridized carbons (Fsp3) is 0.545. The van der Waals surface area contributed by atoms with Gasteiger partial charge < -0.3 is 0 Å². The van der Waals surface area contributed by atoms with Crippen LogP contribution in [-0.2, 0) is 13.0 Å². The van der Waals surface area contributed by atoms with Crippen LogP contribution in [0.25, 0.3) is 0 Å². The van der Waals surface area contributed by atoms with E-state index in [2.05, 4.69) is 11.1 Å². The Morgan fingerprint density at radius 2 is 2.33 bits per heavy atom. The zero-order chi connectivity index (χ0) is 10.8. The molecule has 1 aliphatic rings. The van der Waals surface area contributed by atoms with Gasteiger partial charge in [-0.2, -0.15) is 0 Å². The average Bonchev–Trinajstić information content (AvgIpc) is 2.17. The van der Waals surface area contributed by atoms with Gasteiger partial charge in [-0.15, -0.1) is 0 Å². The molecular weight excluding hydrogens is 198 g/mol. The lowest BCUT2D eigenvalue weighted by Crippen LogP contribution is -2.34. The summed E-state index contributed by atoms with van der Waals surface area (Å²) in [6.45, 7) is 3.12. The van der Waals surface area contributed by atoms with Crippen molar-refractivity contribution in [1.29, 1.82) is 0 Å². The van der Waals surface area contributed by atoms with E-state index in [0.29, 0.717) is 13.1 Å². The van der Waals surface area contributed by atoms with Gasteiger partial charge in [-0.05, 0) is 24.5 Å². The molecule has 0 aliphatic carbocycles. The molecule has 15 heavy (non-hydrogen) atoms. The molecule has 0 N–H and O–H groups in total. The Morgan fingerprint density at radius 3 is 3.07 bits per heavy atom. The highest BCUT2D eigenvalue weighted by Crippen LogP contribution is 2.18. The van der Waals surface area contributed by atoms with Crippen LogP contribution in [0.15, 0.2) is 12.3 Å². The van der Waals surface area contributed by atoms with E-state index in [1.54, 1.807) is 11.1 Å². The summed E-state index contributed by atoms with van der Waals surface area (Å²) < 4.78 is 24.4. The highest BCUT2D eigenvalue weighted by atomic mass is 19.3. The first-order valence-corrected chi connectivity index (χ1v) is 5.10. The quantitative estimate of drug-likeness (QED) is 0.745. The maximum atomic E-state index is 12.2. The Hall–Kier alpha value is -1.03. The molecule has 0 saturated carbocycles. The molecule has 4 heteroatoms. The van der Waals surface area contributed by atoms with Crippen molar-refractivity contribution in [3.63, 3.8) is 0 Å². The van der Waals surface area contributed by atoms with Crippen molar-refractivity contribution in [1.82, 2.24) is 9.88 Å². The molecule has 2 nitrogen and oxygen atoms in total. The van der Waals surface area contributed by atoms with E-state index in [1.165, 1.54) is 5.56 Å². The fourth-order valence-electron chi connectivity index (χ4n) is 1.94. The fourth-order valence-corrected chi connectivity index (χ4v) is 1.94. The number of nitrogens with zero attached hydrogens (tertiary/aromatic N) is 2. The number of aryl methyl sites for hydroxylation is 1. The van der Waals surface area contributed by atoms with E-state index < -0.39 is 6.43 Å². The third-order valence-electron chi connectivity index (χ3n) is 2.66. The molecule has 1 aliphatic heterocycles. The number of aromatic nitrogens is 1. The summed E-state index contributed by atoms with van der Waals surface area (Å²) in [7, 11) is 0. The number of pyridine rings is 1.